The Kier molecular flexibility index (Phi) is 2.69. The lowest BCUT2D eigenvalue weighted by molar-refractivity contribution is -0.184. The van der Waals surface area contributed by atoms with E-state index >= 15 is 0 Å². The van der Waals surface area contributed by atoms with Crippen molar-refractivity contribution in [1.82, 2.24) is 0 Å². The standard InChI is InChI=1S/C8H9BrO3/c1-6(10)12-8(11)5-3-2-4-7(8)9/h2-5,7,11H,1H3/t7-,8+/m0/s1. The van der Waals surface area contributed by atoms with E-state index in [2.05, 4.69) is 15.9 Å². The largest absolute Gasteiger partial charge is 0.428 e. The van der Waals surface area contributed by atoms with Crippen LogP contribution in [0.4, 0.5) is 0 Å². The zero-order chi connectivity index (χ0) is 9.19. The van der Waals surface area contributed by atoms with E-state index in [1.54, 1.807) is 18.2 Å². The molecule has 66 valence electrons. The Bertz CT molecular complexity index is 247. The summed E-state index contributed by atoms with van der Waals surface area (Å²) in [5, 5.41) is 9.68. The van der Waals surface area contributed by atoms with Gasteiger partial charge in [-0.2, -0.15) is 0 Å². The highest BCUT2D eigenvalue weighted by Gasteiger charge is 2.35. The number of halogens is 1. The lowest BCUT2D eigenvalue weighted by Crippen LogP contribution is -2.41. The zero-order valence-corrected chi connectivity index (χ0v) is 8.11. The molecule has 0 amide bonds. The molecule has 0 aromatic rings. The summed E-state index contributed by atoms with van der Waals surface area (Å²) in [5.41, 5.74) is 0. The summed E-state index contributed by atoms with van der Waals surface area (Å²) < 4.78 is 4.72. The lowest BCUT2D eigenvalue weighted by Gasteiger charge is -2.28. The summed E-state index contributed by atoms with van der Waals surface area (Å²) in [4.78, 5) is 10.2. The van der Waals surface area contributed by atoms with Gasteiger partial charge in [0.25, 0.3) is 0 Å². The smallest absolute Gasteiger partial charge is 0.305 e. The van der Waals surface area contributed by atoms with Crippen molar-refractivity contribution in [3.05, 3.63) is 24.3 Å². The van der Waals surface area contributed by atoms with Gasteiger partial charge in [0.1, 0.15) is 4.83 Å². The minimum absolute atomic E-state index is 0.390. The monoisotopic (exact) mass is 232 g/mol. The molecule has 1 rings (SSSR count). The van der Waals surface area contributed by atoms with Crippen molar-refractivity contribution < 1.29 is 14.6 Å². The molecule has 0 saturated carbocycles. The molecule has 1 aliphatic carbocycles. The second kappa shape index (κ2) is 3.41. The predicted molar refractivity (Wildman–Crippen MR) is 47.7 cm³/mol. The van der Waals surface area contributed by atoms with E-state index in [1.165, 1.54) is 13.0 Å². The topological polar surface area (TPSA) is 46.5 Å². The number of ether oxygens (including phenoxy) is 1. The summed E-state index contributed by atoms with van der Waals surface area (Å²) >= 11 is 3.17. The van der Waals surface area contributed by atoms with E-state index in [4.69, 9.17) is 4.74 Å². The molecule has 12 heavy (non-hydrogen) atoms. The minimum Gasteiger partial charge on any atom is -0.428 e. The molecular formula is C8H9BrO3. The molecule has 1 aliphatic rings. The Morgan fingerprint density at radius 2 is 2.33 bits per heavy atom. The maximum Gasteiger partial charge on any atom is 0.305 e. The number of carbonyl (C=O) groups is 1. The number of esters is 1. The van der Waals surface area contributed by atoms with Gasteiger partial charge < -0.3 is 9.84 Å². The first-order chi connectivity index (χ1) is 5.54. The first kappa shape index (κ1) is 9.48. The molecule has 4 heteroatoms. The SMILES string of the molecule is CC(=O)O[C@]1(O)C=CC=C[C@@H]1Br. The fourth-order valence-electron chi connectivity index (χ4n) is 0.905. The van der Waals surface area contributed by atoms with Crippen molar-refractivity contribution in [3.63, 3.8) is 0 Å². The number of rotatable bonds is 1. The quantitative estimate of drug-likeness (QED) is 0.419. The number of carbonyl (C=O) groups excluding carboxylic acids is 1. The number of hydrogen-bond acceptors (Lipinski definition) is 3. The Hall–Kier alpha value is -0.610. The molecule has 0 aromatic carbocycles. The van der Waals surface area contributed by atoms with Gasteiger partial charge in [0.15, 0.2) is 0 Å². The molecule has 2 atom stereocenters. The van der Waals surface area contributed by atoms with E-state index in [0.717, 1.165) is 0 Å². The van der Waals surface area contributed by atoms with E-state index in [0.29, 0.717) is 0 Å². The molecule has 0 aliphatic heterocycles. The highest BCUT2D eigenvalue weighted by molar-refractivity contribution is 9.09. The van der Waals surface area contributed by atoms with Crippen molar-refractivity contribution in [2.24, 2.45) is 0 Å². The van der Waals surface area contributed by atoms with E-state index in [-0.39, 0.29) is 4.83 Å². The van der Waals surface area contributed by atoms with Gasteiger partial charge in [-0.1, -0.05) is 34.2 Å². The van der Waals surface area contributed by atoms with Crippen molar-refractivity contribution in [2.75, 3.05) is 0 Å². The first-order valence-electron chi connectivity index (χ1n) is 3.46. The maximum atomic E-state index is 10.6. The highest BCUT2D eigenvalue weighted by atomic mass is 79.9. The van der Waals surface area contributed by atoms with Crippen LogP contribution >= 0.6 is 15.9 Å². The van der Waals surface area contributed by atoms with Gasteiger partial charge in [-0.25, -0.2) is 0 Å². The molecule has 0 bridgehead atoms. The van der Waals surface area contributed by atoms with Crippen molar-refractivity contribution in [3.8, 4) is 0 Å². The van der Waals surface area contributed by atoms with Crippen LogP contribution in [0.3, 0.4) is 0 Å². The maximum absolute atomic E-state index is 10.6. The molecule has 0 fully saturated rings. The minimum atomic E-state index is -1.54. The normalized spacial score (nSPS) is 33.4. The van der Waals surface area contributed by atoms with Crippen LogP contribution in [0.2, 0.25) is 0 Å². The molecule has 0 radical (unpaired) electrons. The average molecular weight is 233 g/mol. The summed E-state index contributed by atoms with van der Waals surface area (Å²) in [6, 6.07) is 0. The Morgan fingerprint density at radius 3 is 2.83 bits per heavy atom. The lowest BCUT2D eigenvalue weighted by atomic mass is 10.1. The third-order valence-corrected chi connectivity index (χ3v) is 2.39. The first-order valence-corrected chi connectivity index (χ1v) is 4.38. The number of allylic oxidation sites excluding steroid dienone is 2. The van der Waals surface area contributed by atoms with E-state index in [1.807, 2.05) is 0 Å². The third kappa shape index (κ3) is 1.95. The number of alkyl halides is 1. The Morgan fingerprint density at radius 1 is 1.67 bits per heavy atom. The van der Waals surface area contributed by atoms with Crippen molar-refractivity contribution in [2.45, 2.75) is 17.5 Å². The second-order valence-corrected chi connectivity index (χ2v) is 3.48. The van der Waals surface area contributed by atoms with Gasteiger partial charge in [-0.15, -0.1) is 0 Å². The van der Waals surface area contributed by atoms with Crippen LogP contribution in [-0.4, -0.2) is 21.7 Å². The van der Waals surface area contributed by atoms with Gasteiger partial charge >= 0.3 is 5.97 Å². The van der Waals surface area contributed by atoms with Crippen molar-refractivity contribution >= 4 is 21.9 Å². The molecular weight excluding hydrogens is 224 g/mol. The van der Waals surface area contributed by atoms with E-state index in [9.17, 15) is 9.90 Å². The molecule has 0 saturated heterocycles. The average Bonchev–Trinajstić information content (AvgIpc) is 1.94. The van der Waals surface area contributed by atoms with Crippen LogP contribution in [0.1, 0.15) is 6.92 Å². The highest BCUT2D eigenvalue weighted by Crippen LogP contribution is 2.25. The number of hydrogen-bond donors (Lipinski definition) is 1. The van der Waals surface area contributed by atoms with Gasteiger partial charge in [0.2, 0.25) is 5.79 Å². The molecule has 3 nitrogen and oxygen atoms in total. The summed E-state index contributed by atoms with van der Waals surface area (Å²) in [7, 11) is 0. The molecule has 1 N–H and O–H groups in total. The van der Waals surface area contributed by atoms with Gasteiger partial charge in [-0.3, -0.25) is 4.79 Å². The summed E-state index contributed by atoms with van der Waals surface area (Å²) in [6.45, 7) is 1.25. The van der Waals surface area contributed by atoms with E-state index < -0.39 is 11.8 Å². The second-order valence-electron chi connectivity index (χ2n) is 2.49. The molecule has 0 spiro atoms. The van der Waals surface area contributed by atoms with Gasteiger partial charge in [-0.05, 0) is 6.08 Å². The van der Waals surface area contributed by atoms with Gasteiger partial charge in [0, 0.05) is 6.92 Å². The zero-order valence-electron chi connectivity index (χ0n) is 6.53. The number of aliphatic hydroxyl groups is 1. The molecule has 0 unspecified atom stereocenters. The third-order valence-electron chi connectivity index (χ3n) is 1.43. The predicted octanol–water partition coefficient (Wildman–Crippen LogP) is 1.13. The molecule has 0 aromatic heterocycles. The van der Waals surface area contributed by atoms with Crippen molar-refractivity contribution in [1.29, 1.82) is 0 Å². The van der Waals surface area contributed by atoms with Crippen LogP contribution in [0.15, 0.2) is 24.3 Å². The fraction of sp³-hybridized carbons (Fsp3) is 0.375. The van der Waals surface area contributed by atoms with Crippen LogP contribution in [0.5, 0.6) is 0 Å². The van der Waals surface area contributed by atoms with Crippen LogP contribution in [0, 0.1) is 0 Å². The van der Waals surface area contributed by atoms with Gasteiger partial charge in [0.05, 0.1) is 0 Å². The summed E-state index contributed by atoms with van der Waals surface area (Å²) in [5.74, 6) is -2.05. The fourth-order valence-corrected chi connectivity index (χ4v) is 1.33. The molecule has 0 heterocycles. The van der Waals surface area contributed by atoms with Crippen LogP contribution in [0.25, 0.3) is 0 Å². The Balaban J connectivity index is 2.76. The van der Waals surface area contributed by atoms with Crippen LogP contribution < -0.4 is 0 Å². The summed E-state index contributed by atoms with van der Waals surface area (Å²) in [6.07, 6.45) is 6.51. The van der Waals surface area contributed by atoms with Crippen LogP contribution in [-0.2, 0) is 9.53 Å². The Labute approximate surface area is 78.8 Å².